The summed E-state index contributed by atoms with van der Waals surface area (Å²) in [6.45, 7) is 10.5. The van der Waals surface area contributed by atoms with Crippen LogP contribution in [0.15, 0.2) is 54.6 Å². The fraction of sp³-hybridized carbons (Fsp3) is 0.515. The van der Waals surface area contributed by atoms with Crippen molar-refractivity contribution in [2.75, 3.05) is 32.7 Å². The van der Waals surface area contributed by atoms with Crippen LogP contribution in [0.4, 0.5) is 4.39 Å². The molecule has 5 nitrogen and oxygen atoms in total. The molecule has 5 rings (SSSR count). The molecule has 2 aromatic carbocycles. The van der Waals surface area contributed by atoms with Crippen LogP contribution in [0.3, 0.4) is 0 Å². The first-order valence-corrected chi connectivity index (χ1v) is 15.6. The van der Waals surface area contributed by atoms with Crippen molar-refractivity contribution in [3.63, 3.8) is 0 Å². The zero-order valence-electron chi connectivity index (χ0n) is 23.9. The summed E-state index contributed by atoms with van der Waals surface area (Å²) < 4.78 is 14.2. The van der Waals surface area contributed by atoms with Crippen LogP contribution in [0.5, 0.6) is 0 Å². The molecule has 0 unspecified atom stereocenters. The van der Waals surface area contributed by atoms with Gasteiger partial charge in [0.25, 0.3) is 0 Å². The van der Waals surface area contributed by atoms with E-state index in [9.17, 15) is 14.3 Å². The average molecular weight is 564 g/mol. The lowest BCUT2D eigenvalue weighted by atomic mass is 9.87. The maximum atomic E-state index is 14.2. The molecular weight excluding hydrogens is 521 g/mol. The number of benzene rings is 2. The lowest BCUT2D eigenvalue weighted by Gasteiger charge is -2.34. The van der Waals surface area contributed by atoms with E-state index in [0.29, 0.717) is 12.5 Å². The van der Waals surface area contributed by atoms with Gasteiger partial charge in [-0.15, -0.1) is 11.3 Å². The van der Waals surface area contributed by atoms with Gasteiger partial charge >= 0.3 is 5.97 Å². The Labute approximate surface area is 242 Å². The number of carbonyl (C=O) groups is 1. The molecule has 3 heterocycles. The number of aryl methyl sites for hydroxylation is 1. The van der Waals surface area contributed by atoms with E-state index < -0.39 is 12.0 Å². The van der Waals surface area contributed by atoms with Gasteiger partial charge in [0, 0.05) is 36.9 Å². The van der Waals surface area contributed by atoms with Gasteiger partial charge in [-0.1, -0.05) is 63.2 Å². The van der Waals surface area contributed by atoms with Gasteiger partial charge in [-0.3, -0.25) is 9.69 Å². The number of carboxylic acids is 1. The van der Waals surface area contributed by atoms with Gasteiger partial charge in [-0.25, -0.2) is 9.37 Å². The molecule has 3 atom stereocenters. The van der Waals surface area contributed by atoms with E-state index in [-0.39, 0.29) is 23.6 Å². The smallest absolute Gasteiger partial charge is 0.321 e. The Morgan fingerprint density at radius 2 is 1.85 bits per heavy atom. The molecule has 0 bridgehead atoms. The molecule has 1 aromatic heterocycles. The number of thiazole rings is 1. The first-order chi connectivity index (χ1) is 19.3. The molecule has 214 valence electrons. The Morgan fingerprint density at radius 1 is 1.10 bits per heavy atom. The lowest BCUT2D eigenvalue weighted by molar-refractivity contribution is -0.144. The van der Waals surface area contributed by atoms with Crippen molar-refractivity contribution in [2.45, 2.75) is 64.3 Å². The first kappa shape index (κ1) is 28.9. The molecule has 0 spiro atoms. The molecule has 0 saturated carbocycles. The summed E-state index contributed by atoms with van der Waals surface area (Å²) in [5.41, 5.74) is 3.56. The minimum absolute atomic E-state index is 0.0131. The number of rotatable bonds is 10. The number of aliphatic carboxylic acids is 1. The molecule has 0 radical (unpaired) electrons. The number of likely N-dealkylation sites (tertiary alicyclic amines) is 2. The summed E-state index contributed by atoms with van der Waals surface area (Å²) >= 11 is 1.90. The molecule has 0 amide bonds. The van der Waals surface area contributed by atoms with Gasteiger partial charge in [0.1, 0.15) is 11.9 Å². The molecule has 2 aliphatic rings. The number of piperidine rings is 1. The Bertz CT molecular complexity index is 1270. The summed E-state index contributed by atoms with van der Waals surface area (Å²) in [5, 5.41) is 11.2. The third-order valence-electron chi connectivity index (χ3n) is 8.78. The van der Waals surface area contributed by atoms with Crippen molar-refractivity contribution in [3.05, 3.63) is 87.1 Å². The van der Waals surface area contributed by atoms with E-state index >= 15 is 0 Å². The fourth-order valence-electron chi connectivity index (χ4n) is 6.84. The van der Waals surface area contributed by atoms with Gasteiger partial charge in [-0.05, 0) is 73.4 Å². The van der Waals surface area contributed by atoms with Crippen LogP contribution in [-0.4, -0.2) is 64.6 Å². The van der Waals surface area contributed by atoms with E-state index in [0.717, 1.165) is 57.4 Å². The Balaban J connectivity index is 1.26. The van der Waals surface area contributed by atoms with Crippen molar-refractivity contribution in [1.29, 1.82) is 0 Å². The van der Waals surface area contributed by atoms with Crippen LogP contribution in [-0.2, 0) is 17.6 Å². The molecule has 3 aromatic rings. The van der Waals surface area contributed by atoms with Crippen molar-refractivity contribution in [3.8, 4) is 0 Å². The van der Waals surface area contributed by atoms with Crippen LogP contribution in [0.25, 0.3) is 0 Å². The van der Waals surface area contributed by atoms with Gasteiger partial charge < -0.3 is 10.0 Å². The van der Waals surface area contributed by atoms with E-state index in [1.807, 2.05) is 31.3 Å². The maximum absolute atomic E-state index is 14.2. The summed E-state index contributed by atoms with van der Waals surface area (Å²) in [4.78, 5) is 23.3. The molecular formula is C33H42FN3O2S. The maximum Gasteiger partial charge on any atom is 0.321 e. The minimum atomic E-state index is -0.766. The molecule has 0 aliphatic carbocycles. The molecule has 1 N–H and O–H groups in total. The Morgan fingerprint density at radius 3 is 2.50 bits per heavy atom. The molecule has 40 heavy (non-hydrogen) atoms. The van der Waals surface area contributed by atoms with Gasteiger partial charge in [-0.2, -0.15) is 0 Å². The van der Waals surface area contributed by atoms with Crippen LogP contribution < -0.4 is 0 Å². The quantitative estimate of drug-likeness (QED) is 0.308. The van der Waals surface area contributed by atoms with Crippen molar-refractivity contribution >= 4 is 17.3 Å². The highest BCUT2D eigenvalue weighted by molar-refractivity contribution is 7.11. The van der Waals surface area contributed by atoms with E-state index in [1.165, 1.54) is 27.2 Å². The minimum Gasteiger partial charge on any atom is -0.480 e. The third kappa shape index (κ3) is 6.64. The van der Waals surface area contributed by atoms with Gasteiger partial charge in [0.2, 0.25) is 0 Å². The van der Waals surface area contributed by atoms with E-state index in [1.54, 1.807) is 12.1 Å². The summed E-state index contributed by atoms with van der Waals surface area (Å²) in [6.07, 6.45) is 4.09. The van der Waals surface area contributed by atoms with E-state index in [2.05, 4.69) is 47.1 Å². The molecule has 2 aliphatic heterocycles. The summed E-state index contributed by atoms with van der Waals surface area (Å²) in [5.74, 6) is -0.0352. The molecule has 7 heteroatoms. The number of hydrogen-bond donors (Lipinski definition) is 1. The molecule has 2 fully saturated rings. The Kier molecular flexibility index (Phi) is 9.34. The normalized spacial score (nSPS) is 21.7. The second-order valence-corrected chi connectivity index (χ2v) is 13.0. The van der Waals surface area contributed by atoms with Crippen LogP contribution in [0.1, 0.15) is 72.2 Å². The van der Waals surface area contributed by atoms with Crippen LogP contribution >= 0.6 is 11.3 Å². The number of aromatic nitrogens is 1. The second kappa shape index (κ2) is 12.9. The highest BCUT2D eigenvalue weighted by Crippen LogP contribution is 2.39. The SMILES string of the molecule is CCc1nc(Cc2ccccc2)sc1C1CCN(C[C@H]2CN([C@@H](C(=O)O)C(C)C)C[C@@H]2c2cccc(F)c2)CC1. The fourth-order valence-corrected chi connectivity index (χ4v) is 8.20. The number of halogens is 1. The van der Waals surface area contributed by atoms with Gasteiger partial charge in [0.05, 0.1) is 10.7 Å². The zero-order valence-corrected chi connectivity index (χ0v) is 24.7. The van der Waals surface area contributed by atoms with Crippen molar-refractivity contribution < 1.29 is 14.3 Å². The zero-order chi connectivity index (χ0) is 28.2. The first-order valence-electron chi connectivity index (χ1n) is 14.8. The van der Waals surface area contributed by atoms with E-state index in [4.69, 9.17) is 4.98 Å². The average Bonchev–Trinajstić information content (AvgIpc) is 3.53. The number of carboxylic acid groups (broad SMARTS) is 1. The summed E-state index contributed by atoms with van der Waals surface area (Å²) in [6, 6.07) is 17.0. The van der Waals surface area contributed by atoms with Crippen molar-refractivity contribution in [1.82, 2.24) is 14.8 Å². The largest absolute Gasteiger partial charge is 0.480 e. The van der Waals surface area contributed by atoms with Crippen LogP contribution in [0.2, 0.25) is 0 Å². The molecule has 2 saturated heterocycles. The summed E-state index contributed by atoms with van der Waals surface area (Å²) in [7, 11) is 0. The predicted molar refractivity (Wildman–Crippen MR) is 160 cm³/mol. The highest BCUT2D eigenvalue weighted by Gasteiger charge is 2.41. The monoisotopic (exact) mass is 563 g/mol. The second-order valence-electron chi connectivity index (χ2n) is 11.9. The lowest BCUT2D eigenvalue weighted by Crippen LogP contribution is -2.44. The number of hydrogen-bond acceptors (Lipinski definition) is 5. The van der Waals surface area contributed by atoms with Gasteiger partial charge in [0.15, 0.2) is 0 Å². The standard InChI is InChI=1S/C33H42FN3O2S/c1-4-29-32(40-30(35-29)17-23-9-6-5-7-10-23)24-13-15-36(16-14-24)19-26-20-37(31(22(2)3)33(38)39)21-28(26)25-11-8-12-27(34)18-25/h5-12,18,22,24,26,28,31H,4,13-17,19-21H2,1-3H3,(H,38,39)/t26-,28+,31+/m0/s1. The predicted octanol–water partition coefficient (Wildman–Crippen LogP) is 6.44. The Hall–Kier alpha value is -2.61. The van der Waals surface area contributed by atoms with Crippen molar-refractivity contribution in [2.24, 2.45) is 11.8 Å². The van der Waals surface area contributed by atoms with Crippen LogP contribution in [0, 0.1) is 17.7 Å². The third-order valence-corrected chi connectivity index (χ3v) is 10.0. The highest BCUT2D eigenvalue weighted by atomic mass is 32.1. The topological polar surface area (TPSA) is 56.7 Å². The number of nitrogens with zero attached hydrogens (tertiary/aromatic N) is 3.